The molecule has 6 heteroatoms. The fourth-order valence-corrected chi connectivity index (χ4v) is 4.79. The van der Waals surface area contributed by atoms with Crippen molar-refractivity contribution in [2.45, 2.75) is 69.3 Å². The largest absolute Gasteiger partial charge is 0.480 e. The molecule has 2 aliphatic rings. The van der Waals surface area contributed by atoms with E-state index < -0.39 is 12.0 Å². The molecule has 120 valence electrons. The van der Waals surface area contributed by atoms with Crippen LogP contribution < -0.4 is 0 Å². The van der Waals surface area contributed by atoms with E-state index in [-0.39, 0.29) is 17.4 Å². The van der Waals surface area contributed by atoms with Gasteiger partial charge in [0.25, 0.3) is 0 Å². The van der Waals surface area contributed by atoms with Gasteiger partial charge >= 0.3 is 12.0 Å². The van der Waals surface area contributed by atoms with E-state index in [4.69, 9.17) is 0 Å². The summed E-state index contributed by atoms with van der Waals surface area (Å²) in [5.74, 6) is -0.379. The highest BCUT2D eigenvalue weighted by Crippen LogP contribution is 2.34. The zero-order chi connectivity index (χ0) is 15.4. The lowest BCUT2D eigenvalue weighted by molar-refractivity contribution is -0.141. The molecule has 2 unspecified atom stereocenters. The van der Waals surface area contributed by atoms with Crippen molar-refractivity contribution >= 4 is 23.8 Å². The minimum absolute atomic E-state index is 0.00893. The number of amides is 2. The van der Waals surface area contributed by atoms with Gasteiger partial charge in [0, 0.05) is 18.8 Å². The van der Waals surface area contributed by atoms with Crippen LogP contribution in [0.5, 0.6) is 0 Å². The third-order valence-electron chi connectivity index (χ3n) is 4.56. The Morgan fingerprint density at radius 2 is 1.95 bits per heavy atom. The standard InChI is InChI=1S/C15H26N2O3S/c1-3-7-13-17(12(10-21-13)14(18)19)15(20)16(2)11-8-5-4-6-9-11/h11-13H,3-10H2,1-2H3,(H,18,19). The first-order chi connectivity index (χ1) is 10.1. The molecule has 0 aromatic carbocycles. The number of hydrogen-bond donors (Lipinski definition) is 1. The number of hydrogen-bond acceptors (Lipinski definition) is 3. The summed E-state index contributed by atoms with van der Waals surface area (Å²) in [5, 5.41) is 9.39. The van der Waals surface area contributed by atoms with Gasteiger partial charge in [0.15, 0.2) is 0 Å². The summed E-state index contributed by atoms with van der Waals surface area (Å²) in [6.07, 6.45) is 7.47. The molecular formula is C15H26N2O3S. The molecule has 5 nitrogen and oxygen atoms in total. The van der Waals surface area contributed by atoms with E-state index in [9.17, 15) is 14.7 Å². The first-order valence-corrected chi connectivity index (χ1v) is 9.00. The maximum absolute atomic E-state index is 12.8. The Kier molecular flexibility index (Phi) is 5.79. The molecule has 1 aliphatic heterocycles. The smallest absolute Gasteiger partial charge is 0.327 e. The van der Waals surface area contributed by atoms with E-state index >= 15 is 0 Å². The number of aliphatic carboxylic acids is 1. The van der Waals surface area contributed by atoms with Crippen LogP contribution in [-0.4, -0.2) is 57.2 Å². The van der Waals surface area contributed by atoms with Crippen molar-refractivity contribution in [2.24, 2.45) is 0 Å². The van der Waals surface area contributed by atoms with Crippen LogP contribution in [-0.2, 0) is 4.79 Å². The van der Waals surface area contributed by atoms with Crippen molar-refractivity contribution in [1.82, 2.24) is 9.80 Å². The Bertz CT molecular complexity index is 385. The molecule has 2 amide bonds. The number of rotatable bonds is 4. The first-order valence-electron chi connectivity index (χ1n) is 7.95. The van der Waals surface area contributed by atoms with Gasteiger partial charge in [0.2, 0.25) is 0 Å². The van der Waals surface area contributed by atoms with E-state index in [0.29, 0.717) is 5.75 Å². The van der Waals surface area contributed by atoms with Gasteiger partial charge in [-0.05, 0) is 19.3 Å². The summed E-state index contributed by atoms with van der Waals surface area (Å²) >= 11 is 1.60. The lowest BCUT2D eigenvalue weighted by Gasteiger charge is -2.37. The molecule has 1 saturated carbocycles. The average Bonchev–Trinajstić information content (AvgIpc) is 2.91. The van der Waals surface area contributed by atoms with Crippen LogP contribution in [0.25, 0.3) is 0 Å². The monoisotopic (exact) mass is 314 g/mol. The molecule has 0 spiro atoms. The molecule has 0 aromatic heterocycles. The summed E-state index contributed by atoms with van der Waals surface area (Å²) in [6.45, 7) is 2.07. The summed E-state index contributed by atoms with van der Waals surface area (Å²) in [7, 11) is 1.84. The Morgan fingerprint density at radius 3 is 2.52 bits per heavy atom. The molecular weight excluding hydrogens is 288 g/mol. The van der Waals surface area contributed by atoms with Gasteiger partial charge < -0.3 is 10.0 Å². The van der Waals surface area contributed by atoms with Crippen LogP contribution >= 0.6 is 11.8 Å². The van der Waals surface area contributed by atoms with Crippen molar-refractivity contribution in [3.05, 3.63) is 0 Å². The Balaban J connectivity index is 2.09. The minimum Gasteiger partial charge on any atom is -0.480 e. The van der Waals surface area contributed by atoms with Crippen LogP contribution in [0.3, 0.4) is 0 Å². The van der Waals surface area contributed by atoms with Gasteiger partial charge in [-0.2, -0.15) is 0 Å². The zero-order valence-corrected chi connectivity index (χ0v) is 13.8. The highest BCUT2D eigenvalue weighted by Gasteiger charge is 2.43. The van der Waals surface area contributed by atoms with Gasteiger partial charge in [-0.1, -0.05) is 32.6 Å². The van der Waals surface area contributed by atoms with Gasteiger partial charge in [-0.25, -0.2) is 9.59 Å². The van der Waals surface area contributed by atoms with Crippen LogP contribution in [0.4, 0.5) is 4.79 Å². The molecule has 2 atom stereocenters. The lowest BCUT2D eigenvalue weighted by atomic mass is 9.94. The van der Waals surface area contributed by atoms with Crippen molar-refractivity contribution in [3.8, 4) is 0 Å². The molecule has 1 saturated heterocycles. The third-order valence-corrected chi connectivity index (χ3v) is 5.91. The summed E-state index contributed by atoms with van der Waals surface area (Å²) < 4.78 is 0. The summed E-state index contributed by atoms with van der Waals surface area (Å²) in [5.41, 5.74) is 0. The summed E-state index contributed by atoms with van der Waals surface area (Å²) in [6, 6.07) is -0.503. The van der Waals surface area contributed by atoms with Gasteiger partial charge in [0.1, 0.15) is 6.04 Å². The Morgan fingerprint density at radius 1 is 1.29 bits per heavy atom. The number of carbonyl (C=O) groups excluding carboxylic acids is 1. The van der Waals surface area contributed by atoms with Crippen LogP contribution in [0.1, 0.15) is 51.9 Å². The Labute approximate surface area is 131 Å². The van der Waals surface area contributed by atoms with E-state index in [1.54, 1.807) is 21.6 Å². The second-order valence-corrected chi connectivity index (χ2v) is 7.23. The number of carbonyl (C=O) groups is 2. The topological polar surface area (TPSA) is 60.9 Å². The second kappa shape index (κ2) is 7.38. The van der Waals surface area contributed by atoms with E-state index in [1.807, 2.05) is 7.05 Å². The number of carboxylic acid groups (broad SMARTS) is 1. The lowest BCUT2D eigenvalue weighted by Crippen LogP contribution is -2.53. The Hall–Kier alpha value is -0.910. The van der Waals surface area contributed by atoms with E-state index in [1.165, 1.54) is 6.42 Å². The minimum atomic E-state index is -0.883. The first kappa shape index (κ1) is 16.5. The van der Waals surface area contributed by atoms with Crippen LogP contribution in [0.2, 0.25) is 0 Å². The van der Waals surface area contributed by atoms with E-state index in [0.717, 1.165) is 38.5 Å². The zero-order valence-electron chi connectivity index (χ0n) is 13.0. The molecule has 1 aliphatic carbocycles. The van der Waals surface area contributed by atoms with Crippen molar-refractivity contribution in [1.29, 1.82) is 0 Å². The van der Waals surface area contributed by atoms with Gasteiger partial charge in [0.05, 0.1) is 5.37 Å². The molecule has 2 fully saturated rings. The van der Waals surface area contributed by atoms with E-state index in [2.05, 4.69) is 6.92 Å². The quantitative estimate of drug-likeness (QED) is 0.866. The van der Waals surface area contributed by atoms with Gasteiger partial charge in [-0.15, -0.1) is 11.8 Å². The average molecular weight is 314 g/mol. The fraction of sp³-hybridized carbons (Fsp3) is 0.867. The van der Waals surface area contributed by atoms with Gasteiger partial charge in [-0.3, -0.25) is 4.90 Å². The second-order valence-electron chi connectivity index (χ2n) is 6.02. The fourth-order valence-electron chi connectivity index (χ4n) is 3.29. The summed E-state index contributed by atoms with van der Waals surface area (Å²) in [4.78, 5) is 27.7. The molecule has 0 aromatic rings. The number of urea groups is 1. The molecule has 1 heterocycles. The molecule has 21 heavy (non-hydrogen) atoms. The van der Waals surface area contributed by atoms with Crippen LogP contribution in [0.15, 0.2) is 0 Å². The normalized spacial score (nSPS) is 26.9. The predicted octanol–water partition coefficient (Wildman–Crippen LogP) is 3.00. The number of carboxylic acids is 1. The van der Waals surface area contributed by atoms with Crippen LogP contribution in [0, 0.1) is 0 Å². The molecule has 1 N–H and O–H groups in total. The number of thioether (sulfide) groups is 1. The third kappa shape index (κ3) is 3.65. The molecule has 0 bridgehead atoms. The SMILES string of the molecule is CCCC1SCC(C(=O)O)N1C(=O)N(C)C1CCCCC1. The van der Waals surface area contributed by atoms with Crippen molar-refractivity contribution in [3.63, 3.8) is 0 Å². The molecule has 0 radical (unpaired) electrons. The van der Waals surface area contributed by atoms with Crippen molar-refractivity contribution < 1.29 is 14.7 Å². The highest BCUT2D eigenvalue weighted by atomic mass is 32.2. The number of nitrogens with zero attached hydrogens (tertiary/aromatic N) is 2. The maximum Gasteiger partial charge on any atom is 0.327 e. The predicted molar refractivity (Wildman–Crippen MR) is 84.4 cm³/mol. The maximum atomic E-state index is 12.8. The molecule has 2 rings (SSSR count). The highest BCUT2D eigenvalue weighted by molar-refractivity contribution is 8.00. The van der Waals surface area contributed by atoms with Crippen molar-refractivity contribution in [2.75, 3.05) is 12.8 Å².